The van der Waals surface area contributed by atoms with E-state index in [0.717, 1.165) is 11.4 Å². The van der Waals surface area contributed by atoms with Gasteiger partial charge in [-0.3, -0.25) is 0 Å². The van der Waals surface area contributed by atoms with E-state index in [0.29, 0.717) is 5.88 Å². The van der Waals surface area contributed by atoms with E-state index in [1.165, 1.54) is 11.1 Å². The van der Waals surface area contributed by atoms with Crippen molar-refractivity contribution < 1.29 is 4.74 Å². The molecule has 78 valence electrons. The number of thiol groups is 1. The zero-order valence-corrected chi connectivity index (χ0v) is 10.1. The van der Waals surface area contributed by atoms with Crippen molar-refractivity contribution in [1.82, 2.24) is 0 Å². The van der Waals surface area contributed by atoms with Crippen molar-refractivity contribution in [1.29, 1.82) is 0 Å². The third-order valence-corrected chi connectivity index (χ3v) is 2.65. The highest BCUT2D eigenvalue weighted by Crippen LogP contribution is 2.32. The highest BCUT2D eigenvalue weighted by atomic mass is 32.1. The largest absolute Gasteiger partial charge is 0.495 e. The van der Waals surface area contributed by atoms with Gasteiger partial charge in [-0.2, -0.15) is 12.6 Å². The van der Waals surface area contributed by atoms with Crippen LogP contribution in [0.25, 0.3) is 0 Å². The molecular formula is C11H17NOS. The molecule has 1 aromatic carbocycles. The SMILES string of the molecule is COc1cc(C)cc(C)c1N(C)CS. The Kier molecular flexibility index (Phi) is 3.69. The van der Waals surface area contributed by atoms with Crippen LogP contribution in [0.4, 0.5) is 5.69 Å². The molecule has 0 spiro atoms. The molecule has 14 heavy (non-hydrogen) atoms. The van der Waals surface area contributed by atoms with Gasteiger partial charge in [0.2, 0.25) is 0 Å². The molecule has 2 nitrogen and oxygen atoms in total. The first-order valence-corrected chi connectivity index (χ1v) is 5.20. The van der Waals surface area contributed by atoms with Crippen molar-refractivity contribution in [2.45, 2.75) is 13.8 Å². The van der Waals surface area contributed by atoms with Gasteiger partial charge in [-0.15, -0.1) is 0 Å². The van der Waals surface area contributed by atoms with E-state index < -0.39 is 0 Å². The van der Waals surface area contributed by atoms with Crippen LogP contribution < -0.4 is 9.64 Å². The molecule has 0 atom stereocenters. The minimum atomic E-state index is 0.681. The predicted octanol–water partition coefficient (Wildman–Crippen LogP) is 2.64. The molecule has 0 saturated heterocycles. The summed E-state index contributed by atoms with van der Waals surface area (Å²) in [5.41, 5.74) is 3.56. The fraction of sp³-hybridized carbons (Fsp3) is 0.455. The van der Waals surface area contributed by atoms with E-state index >= 15 is 0 Å². The number of benzene rings is 1. The first-order chi connectivity index (χ1) is 6.60. The maximum absolute atomic E-state index is 5.35. The summed E-state index contributed by atoms with van der Waals surface area (Å²) < 4.78 is 5.35. The van der Waals surface area contributed by atoms with E-state index in [1.807, 2.05) is 13.1 Å². The molecule has 0 saturated carbocycles. The molecule has 0 aliphatic carbocycles. The van der Waals surface area contributed by atoms with Crippen LogP contribution in [-0.2, 0) is 0 Å². The lowest BCUT2D eigenvalue weighted by atomic mass is 10.1. The highest BCUT2D eigenvalue weighted by molar-refractivity contribution is 7.80. The van der Waals surface area contributed by atoms with E-state index in [1.54, 1.807) is 7.11 Å². The van der Waals surface area contributed by atoms with Gasteiger partial charge in [0, 0.05) is 7.05 Å². The monoisotopic (exact) mass is 211 g/mol. The average Bonchev–Trinajstić information content (AvgIpc) is 2.15. The summed E-state index contributed by atoms with van der Waals surface area (Å²) in [6.45, 7) is 4.16. The summed E-state index contributed by atoms with van der Waals surface area (Å²) in [4.78, 5) is 2.07. The van der Waals surface area contributed by atoms with Crippen LogP contribution in [0, 0.1) is 13.8 Å². The number of methoxy groups -OCH3 is 1. The molecule has 0 fully saturated rings. The molecule has 0 radical (unpaired) electrons. The second kappa shape index (κ2) is 4.60. The first kappa shape index (κ1) is 11.2. The number of anilines is 1. The molecule has 0 aliphatic heterocycles. The lowest BCUT2D eigenvalue weighted by Gasteiger charge is -2.22. The summed E-state index contributed by atoms with van der Waals surface area (Å²) in [5, 5.41) is 0. The Morgan fingerprint density at radius 1 is 1.36 bits per heavy atom. The first-order valence-electron chi connectivity index (χ1n) is 4.57. The normalized spacial score (nSPS) is 10.1. The molecule has 3 heteroatoms. The number of aryl methyl sites for hydroxylation is 2. The standard InChI is InChI=1S/C11H17NOS/c1-8-5-9(2)11(12(3)7-14)10(6-8)13-4/h5-6,14H,7H2,1-4H3. The van der Waals surface area contributed by atoms with Gasteiger partial charge in [-0.05, 0) is 31.0 Å². The highest BCUT2D eigenvalue weighted by Gasteiger charge is 2.10. The predicted molar refractivity (Wildman–Crippen MR) is 64.7 cm³/mol. The Morgan fingerprint density at radius 2 is 2.00 bits per heavy atom. The molecule has 1 aromatic rings. The number of ether oxygens (including phenoxy) is 1. The van der Waals surface area contributed by atoms with Crippen LogP contribution in [0.2, 0.25) is 0 Å². The van der Waals surface area contributed by atoms with Crippen molar-refractivity contribution >= 4 is 18.3 Å². The Hall–Kier alpha value is -0.830. The Morgan fingerprint density at radius 3 is 2.50 bits per heavy atom. The molecule has 0 unspecified atom stereocenters. The van der Waals surface area contributed by atoms with Gasteiger partial charge in [0.25, 0.3) is 0 Å². The van der Waals surface area contributed by atoms with Crippen LogP contribution in [0.15, 0.2) is 12.1 Å². The van der Waals surface area contributed by atoms with Gasteiger partial charge >= 0.3 is 0 Å². The zero-order valence-electron chi connectivity index (χ0n) is 9.16. The van der Waals surface area contributed by atoms with E-state index in [-0.39, 0.29) is 0 Å². The van der Waals surface area contributed by atoms with Gasteiger partial charge in [0.05, 0.1) is 18.7 Å². The lowest BCUT2D eigenvalue weighted by molar-refractivity contribution is 0.414. The van der Waals surface area contributed by atoms with E-state index in [2.05, 4.69) is 37.4 Å². The summed E-state index contributed by atoms with van der Waals surface area (Å²) in [7, 11) is 3.71. The van der Waals surface area contributed by atoms with Crippen molar-refractivity contribution in [3.63, 3.8) is 0 Å². The molecule has 0 amide bonds. The Balaban J connectivity index is 3.24. The molecule has 0 aliphatic rings. The topological polar surface area (TPSA) is 12.5 Å². The minimum Gasteiger partial charge on any atom is -0.495 e. The van der Waals surface area contributed by atoms with Gasteiger partial charge < -0.3 is 9.64 Å². The molecule has 1 rings (SSSR count). The van der Waals surface area contributed by atoms with Crippen molar-refractivity contribution in [2.75, 3.05) is 24.9 Å². The molecule has 0 N–H and O–H groups in total. The molecule has 0 bridgehead atoms. The van der Waals surface area contributed by atoms with Crippen LogP contribution in [0.5, 0.6) is 5.75 Å². The summed E-state index contributed by atoms with van der Waals surface area (Å²) >= 11 is 4.26. The summed E-state index contributed by atoms with van der Waals surface area (Å²) in [6.07, 6.45) is 0. The van der Waals surface area contributed by atoms with Gasteiger partial charge in [-0.1, -0.05) is 6.07 Å². The van der Waals surface area contributed by atoms with Crippen molar-refractivity contribution in [2.24, 2.45) is 0 Å². The van der Waals surface area contributed by atoms with Crippen LogP contribution in [0.1, 0.15) is 11.1 Å². The zero-order chi connectivity index (χ0) is 10.7. The quantitative estimate of drug-likeness (QED) is 0.609. The molecule has 0 heterocycles. The molecular weight excluding hydrogens is 194 g/mol. The van der Waals surface area contributed by atoms with Crippen LogP contribution in [0.3, 0.4) is 0 Å². The number of rotatable bonds is 3. The fourth-order valence-electron chi connectivity index (χ4n) is 1.64. The van der Waals surface area contributed by atoms with E-state index in [4.69, 9.17) is 4.74 Å². The summed E-state index contributed by atoms with van der Waals surface area (Å²) in [5.74, 6) is 1.60. The Labute approximate surface area is 91.3 Å². The summed E-state index contributed by atoms with van der Waals surface area (Å²) in [6, 6.07) is 4.19. The van der Waals surface area contributed by atoms with E-state index in [9.17, 15) is 0 Å². The van der Waals surface area contributed by atoms with Gasteiger partial charge in [-0.25, -0.2) is 0 Å². The van der Waals surface area contributed by atoms with Crippen molar-refractivity contribution in [3.05, 3.63) is 23.3 Å². The Bertz CT molecular complexity index is 325. The minimum absolute atomic E-state index is 0.681. The number of hydrogen-bond donors (Lipinski definition) is 1. The third-order valence-electron chi connectivity index (χ3n) is 2.22. The molecule has 0 aromatic heterocycles. The van der Waals surface area contributed by atoms with Gasteiger partial charge in [0.15, 0.2) is 0 Å². The lowest BCUT2D eigenvalue weighted by Crippen LogP contribution is -2.16. The smallest absolute Gasteiger partial charge is 0.142 e. The number of nitrogens with zero attached hydrogens (tertiary/aromatic N) is 1. The third kappa shape index (κ3) is 2.15. The number of hydrogen-bond acceptors (Lipinski definition) is 3. The average molecular weight is 211 g/mol. The second-order valence-electron chi connectivity index (χ2n) is 3.47. The maximum atomic E-state index is 5.35. The van der Waals surface area contributed by atoms with Gasteiger partial charge in [0.1, 0.15) is 5.75 Å². The van der Waals surface area contributed by atoms with Crippen molar-refractivity contribution in [3.8, 4) is 5.75 Å². The fourth-order valence-corrected chi connectivity index (χ4v) is 1.78. The second-order valence-corrected chi connectivity index (χ2v) is 3.75. The van der Waals surface area contributed by atoms with Crippen LogP contribution in [-0.4, -0.2) is 20.0 Å². The maximum Gasteiger partial charge on any atom is 0.142 e. The van der Waals surface area contributed by atoms with Crippen LogP contribution >= 0.6 is 12.6 Å².